The Morgan fingerprint density at radius 1 is 1.31 bits per heavy atom. The molecule has 5 rings (SSSR count). The molecule has 1 aromatic carbocycles. The molecule has 1 unspecified atom stereocenters. The molecule has 35 heavy (non-hydrogen) atoms. The van der Waals surface area contributed by atoms with Gasteiger partial charge in [0.15, 0.2) is 5.69 Å². The molecule has 0 saturated heterocycles. The van der Waals surface area contributed by atoms with Crippen molar-refractivity contribution in [3.8, 4) is 11.5 Å². The van der Waals surface area contributed by atoms with Crippen LogP contribution in [0.4, 0.5) is 11.6 Å². The van der Waals surface area contributed by atoms with E-state index in [1.54, 1.807) is 42.4 Å². The van der Waals surface area contributed by atoms with Crippen LogP contribution >= 0.6 is 11.6 Å². The van der Waals surface area contributed by atoms with Crippen molar-refractivity contribution in [2.24, 2.45) is 7.05 Å². The molecule has 4 heterocycles. The first-order chi connectivity index (χ1) is 16.9. The molecule has 1 aliphatic heterocycles. The summed E-state index contributed by atoms with van der Waals surface area (Å²) in [6, 6.07) is 8.40. The maximum absolute atomic E-state index is 12.9. The predicted molar refractivity (Wildman–Crippen MR) is 126 cm³/mol. The summed E-state index contributed by atoms with van der Waals surface area (Å²) in [5.74, 6) is -0.946. The molecular formula is C23H19ClN6O5. The Balaban J connectivity index is 1.67. The molecule has 1 aliphatic rings. The van der Waals surface area contributed by atoms with Gasteiger partial charge in [0.1, 0.15) is 30.3 Å². The first-order valence-electron chi connectivity index (χ1n) is 10.5. The first kappa shape index (κ1) is 22.4. The number of ether oxygens (including phenoxy) is 1. The van der Waals surface area contributed by atoms with Crippen LogP contribution < -0.4 is 20.5 Å². The van der Waals surface area contributed by atoms with Crippen molar-refractivity contribution in [1.29, 1.82) is 0 Å². The van der Waals surface area contributed by atoms with Gasteiger partial charge in [0.05, 0.1) is 11.9 Å². The summed E-state index contributed by atoms with van der Waals surface area (Å²) in [5, 5.41) is 16.9. The average molecular weight is 495 g/mol. The first-order valence-corrected chi connectivity index (χ1v) is 10.8. The van der Waals surface area contributed by atoms with Gasteiger partial charge in [-0.2, -0.15) is 0 Å². The van der Waals surface area contributed by atoms with Gasteiger partial charge in [-0.25, -0.2) is 4.98 Å². The smallest absolute Gasteiger partial charge is 0.297 e. The second kappa shape index (κ2) is 8.76. The average Bonchev–Trinajstić information content (AvgIpc) is 3.29. The van der Waals surface area contributed by atoms with Gasteiger partial charge in [0.25, 0.3) is 11.5 Å². The number of anilines is 2. The van der Waals surface area contributed by atoms with Crippen LogP contribution in [0.5, 0.6) is 11.5 Å². The quantitative estimate of drug-likeness (QED) is 0.438. The van der Waals surface area contributed by atoms with E-state index in [-0.39, 0.29) is 18.2 Å². The number of hydrogen-bond acceptors (Lipinski definition) is 9. The monoisotopic (exact) mass is 494 g/mol. The highest BCUT2D eigenvalue weighted by Gasteiger charge is 2.34. The van der Waals surface area contributed by atoms with Gasteiger partial charge in [0.2, 0.25) is 11.7 Å². The number of rotatable bonds is 4. The molecule has 0 aliphatic carbocycles. The zero-order chi connectivity index (χ0) is 24.7. The van der Waals surface area contributed by atoms with Crippen molar-refractivity contribution in [2.45, 2.75) is 12.6 Å². The minimum atomic E-state index is -0.806. The molecular weight excluding hydrogens is 476 g/mol. The van der Waals surface area contributed by atoms with Crippen molar-refractivity contribution in [3.63, 3.8) is 0 Å². The zero-order valence-electron chi connectivity index (χ0n) is 18.6. The molecule has 1 amide bonds. The summed E-state index contributed by atoms with van der Waals surface area (Å²) in [7, 11) is 3.14. The van der Waals surface area contributed by atoms with Gasteiger partial charge in [-0.3, -0.25) is 19.1 Å². The van der Waals surface area contributed by atoms with Gasteiger partial charge >= 0.3 is 0 Å². The van der Waals surface area contributed by atoms with Crippen LogP contribution in [0.15, 0.2) is 58.3 Å². The number of halogens is 1. The number of carbonyl (C=O) groups is 1. The molecule has 0 radical (unpaired) electrons. The van der Waals surface area contributed by atoms with E-state index in [0.29, 0.717) is 22.0 Å². The van der Waals surface area contributed by atoms with Gasteiger partial charge in [-0.1, -0.05) is 28.9 Å². The zero-order valence-corrected chi connectivity index (χ0v) is 19.4. The third-order valence-corrected chi connectivity index (χ3v) is 6.04. The maximum atomic E-state index is 12.9. The number of fused-ring (bicyclic) bond motifs is 2. The van der Waals surface area contributed by atoms with E-state index in [2.05, 4.69) is 20.4 Å². The summed E-state index contributed by atoms with van der Waals surface area (Å²) in [5.41, 5.74) is 1.09. The van der Waals surface area contributed by atoms with Crippen LogP contribution in [0.2, 0.25) is 5.02 Å². The Labute approximate surface area is 203 Å². The highest BCUT2D eigenvalue weighted by atomic mass is 35.5. The predicted octanol–water partition coefficient (Wildman–Crippen LogP) is 2.89. The van der Waals surface area contributed by atoms with Crippen molar-refractivity contribution >= 4 is 29.1 Å². The second-order valence-corrected chi connectivity index (χ2v) is 8.25. The van der Waals surface area contributed by atoms with E-state index in [0.717, 1.165) is 10.1 Å². The number of carbonyl (C=O) groups excluding carboxylic acids is 1. The molecule has 12 heteroatoms. The van der Waals surface area contributed by atoms with Crippen molar-refractivity contribution in [3.05, 3.63) is 86.9 Å². The van der Waals surface area contributed by atoms with E-state index in [4.69, 9.17) is 20.9 Å². The number of nitrogens with zero attached hydrogens (tertiary/aromatic N) is 5. The molecule has 0 bridgehead atoms. The molecule has 178 valence electrons. The van der Waals surface area contributed by atoms with Crippen LogP contribution in [-0.4, -0.2) is 37.8 Å². The van der Waals surface area contributed by atoms with E-state index in [1.807, 2.05) is 6.07 Å². The van der Waals surface area contributed by atoms with Crippen LogP contribution in [0.25, 0.3) is 0 Å². The molecule has 3 aromatic heterocycles. The third kappa shape index (κ3) is 3.85. The second-order valence-electron chi connectivity index (χ2n) is 7.84. The Kier molecular flexibility index (Phi) is 5.61. The van der Waals surface area contributed by atoms with Crippen LogP contribution in [0.3, 0.4) is 0 Å². The van der Waals surface area contributed by atoms with E-state index in [1.165, 1.54) is 19.5 Å². The fraction of sp³-hybridized carbons (Fsp3) is 0.174. The number of aromatic hydroxyl groups is 1. The van der Waals surface area contributed by atoms with Crippen molar-refractivity contribution in [2.75, 3.05) is 17.3 Å². The summed E-state index contributed by atoms with van der Waals surface area (Å²) in [6.45, 7) is 0.273. The fourth-order valence-corrected chi connectivity index (χ4v) is 4.29. The molecule has 0 spiro atoms. The highest BCUT2D eigenvalue weighted by molar-refractivity contribution is 6.31. The normalized spacial score (nSPS) is 14.3. The van der Waals surface area contributed by atoms with Crippen molar-refractivity contribution < 1.29 is 19.2 Å². The SMILES string of the molecule is CN(c1nc(C(=O)Nc2cnoc2)c(O)c(=O)n1C)C1c2ncccc2COc2cccc(Cl)c21. The third-order valence-electron chi connectivity index (χ3n) is 5.71. The molecule has 4 aromatic rings. The van der Waals surface area contributed by atoms with Crippen LogP contribution in [0, 0.1) is 0 Å². The van der Waals surface area contributed by atoms with E-state index in [9.17, 15) is 14.7 Å². The largest absolute Gasteiger partial charge is 0.501 e. The Hall–Kier alpha value is -4.38. The number of amides is 1. The molecule has 2 N–H and O–H groups in total. The number of hydrogen-bond donors (Lipinski definition) is 2. The molecule has 11 nitrogen and oxygen atoms in total. The number of nitrogens with one attached hydrogen (secondary N) is 1. The fourth-order valence-electron chi connectivity index (χ4n) is 4.02. The number of benzene rings is 1. The van der Waals surface area contributed by atoms with Crippen LogP contribution in [0.1, 0.15) is 33.4 Å². The Bertz CT molecular complexity index is 1490. The van der Waals surface area contributed by atoms with Crippen molar-refractivity contribution in [1.82, 2.24) is 19.7 Å². The van der Waals surface area contributed by atoms with Gasteiger partial charge in [0, 0.05) is 36.4 Å². The highest BCUT2D eigenvalue weighted by Crippen LogP contribution is 2.43. The van der Waals surface area contributed by atoms with E-state index >= 15 is 0 Å². The Morgan fingerprint density at radius 2 is 2.14 bits per heavy atom. The summed E-state index contributed by atoms with van der Waals surface area (Å²) in [4.78, 5) is 36.3. The maximum Gasteiger partial charge on any atom is 0.297 e. The topological polar surface area (TPSA) is 136 Å². The molecule has 1 atom stereocenters. The van der Waals surface area contributed by atoms with Gasteiger partial charge in [-0.05, 0) is 18.2 Å². The number of aromatic nitrogens is 4. The minimum Gasteiger partial charge on any atom is -0.501 e. The minimum absolute atomic E-state index is 0.0950. The lowest BCUT2D eigenvalue weighted by Gasteiger charge is -2.31. The van der Waals surface area contributed by atoms with E-state index < -0.39 is 29.0 Å². The molecule has 0 fully saturated rings. The standard InChI is InChI=1S/C23H19ClN6O5/c1-29(19-16-14(24)6-3-7-15(16)34-10-12-5-4-8-25-17(12)19)23-28-18(20(31)22(33)30(23)2)21(32)27-13-9-26-35-11-13/h3-9,11,19,31H,10H2,1-2H3,(H,27,32). The summed E-state index contributed by atoms with van der Waals surface area (Å²) < 4.78 is 11.9. The van der Waals surface area contributed by atoms with Gasteiger partial charge < -0.3 is 24.6 Å². The summed E-state index contributed by atoms with van der Waals surface area (Å²) in [6.07, 6.45) is 4.13. The summed E-state index contributed by atoms with van der Waals surface area (Å²) >= 11 is 6.62. The molecule has 0 saturated carbocycles. The van der Waals surface area contributed by atoms with Gasteiger partial charge in [-0.15, -0.1) is 0 Å². The van der Waals surface area contributed by atoms with Crippen LogP contribution in [-0.2, 0) is 13.7 Å². The Morgan fingerprint density at radius 3 is 2.91 bits per heavy atom. The number of pyridine rings is 1. The lowest BCUT2D eigenvalue weighted by Crippen LogP contribution is -2.34. The lowest BCUT2D eigenvalue weighted by atomic mass is 9.98. The lowest BCUT2D eigenvalue weighted by molar-refractivity contribution is 0.101.